The number of hydrogen-bond acceptors (Lipinski definition) is 4. The SMILES string of the molecule is Cc1ccc(Cl)cc1N1CCN(C(=O)c2nn(C)cc2C(=O)O)CC1. The Morgan fingerprint density at radius 2 is 1.88 bits per heavy atom. The maximum Gasteiger partial charge on any atom is 0.339 e. The number of anilines is 1. The Hall–Kier alpha value is -2.54. The first-order valence-corrected chi connectivity index (χ1v) is 8.32. The second-order valence-electron chi connectivity index (χ2n) is 6.08. The van der Waals surface area contributed by atoms with Crippen molar-refractivity contribution in [2.75, 3.05) is 31.1 Å². The van der Waals surface area contributed by atoms with Gasteiger partial charge in [0.25, 0.3) is 5.91 Å². The average molecular weight is 363 g/mol. The van der Waals surface area contributed by atoms with Crippen LogP contribution in [0.5, 0.6) is 0 Å². The lowest BCUT2D eigenvalue weighted by Gasteiger charge is -2.36. The molecule has 0 atom stereocenters. The van der Waals surface area contributed by atoms with Crippen LogP contribution in [0.15, 0.2) is 24.4 Å². The number of carboxylic acids is 1. The molecular formula is C17H19ClN4O3. The van der Waals surface area contributed by atoms with E-state index in [0.29, 0.717) is 31.2 Å². The number of carboxylic acid groups (broad SMARTS) is 1. The molecule has 3 rings (SSSR count). The molecule has 1 aromatic carbocycles. The van der Waals surface area contributed by atoms with Gasteiger partial charge in [0.1, 0.15) is 5.56 Å². The second-order valence-corrected chi connectivity index (χ2v) is 6.52. The number of benzene rings is 1. The quantitative estimate of drug-likeness (QED) is 0.904. The largest absolute Gasteiger partial charge is 0.478 e. The van der Waals surface area contributed by atoms with Gasteiger partial charge < -0.3 is 14.9 Å². The summed E-state index contributed by atoms with van der Waals surface area (Å²) in [5.74, 6) is -1.50. The summed E-state index contributed by atoms with van der Waals surface area (Å²) in [7, 11) is 1.60. The molecule has 2 heterocycles. The van der Waals surface area contributed by atoms with Gasteiger partial charge in [-0.2, -0.15) is 5.10 Å². The van der Waals surface area contributed by atoms with Crippen molar-refractivity contribution in [2.24, 2.45) is 7.05 Å². The minimum Gasteiger partial charge on any atom is -0.478 e. The van der Waals surface area contributed by atoms with Gasteiger partial charge in [-0.3, -0.25) is 9.48 Å². The molecule has 1 aliphatic rings. The van der Waals surface area contributed by atoms with Gasteiger partial charge >= 0.3 is 5.97 Å². The van der Waals surface area contributed by atoms with Crippen LogP contribution in [0.1, 0.15) is 26.4 Å². The number of piperazine rings is 1. The Balaban J connectivity index is 1.73. The molecule has 0 bridgehead atoms. The highest BCUT2D eigenvalue weighted by Gasteiger charge is 2.28. The van der Waals surface area contributed by atoms with Crippen LogP contribution < -0.4 is 4.90 Å². The van der Waals surface area contributed by atoms with Crippen LogP contribution >= 0.6 is 11.6 Å². The van der Waals surface area contributed by atoms with Crippen molar-refractivity contribution in [1.29, 1.82) is 0 Å². The summed E-state index contributed by atoms with van der Waals surface area (Å²) >= 11 is 6.09. The highest BCUT2D eigenvalue weighted by Crippen LogP contribution is 2.25. The first-order valence-electron chi connectivity index (χ1n) is 7.94. The van der Waals surface area contributed by atoms with E-state index in [4.69, 9.17) is 11.6 Å². The fourth-order valence-corrected chi connectivity index (χ4v) is 3.19. The molecule has 1 fully saturated rings. The number of carbonyl (C=O) groups is 2. The van der Waals surface area contributed by atoms with Gasteiger partial charge in [0.15, 0.2) is 5.69 Å². The number of aromatic nitrogens is 2. The number of amides is 1. The zero-order valence-corrected chi connectivity index (χ0v) is 14.8. The molecule has 1 N–H and O–H groups in total. The minimum absolute atomic E-state index is 0.0117. The molecule has 1 aromatic heterocycles. The Bertz CT molecular complexity index is 825. The summed E-state index contributed by atoms with van der Waals surface area (Å²) in [6, 6.07) is 5.76. The van der Waals surface area contributed by atoms with Crippen molar-refractivity contribution in [3.8, 4) is 0 Å². The van der Waals surface area contributed by atoms with E-state index in [0.717, 1.165) is 11.3 Å². The van der Waals surface area contributed by atoms with Crippen molar-refractivity contribution >= 4 is 29.2 Å². The maximum atomic E-state index is 12.6. The van der Waals surface area contributed by atoms with E-state index in [1.54, 1.807) is 11.9 Å². The Morgan fingerprint density at radius 3 is 2.52 bits per heavy atom. The van der Waals surface area contributed by atoms with Gasteiger partial charge in [0, 0.05) is 50.1 Å². The van der Waals surface area contributed by atoms with Gasteiger partial charge in [-0.1, -0.05) is 17.7 Å². The zero-order chi connectivity index (χ0) is 18.1. The molecular weight excluding hydrogens is 344 g/mol. The lowest BCUT2D eigenvalue weighted by atomic mass is 10.1. The molecule has 0 saturated carbocycles. The number of aromatic carboxylic acids is 1. The standard InChI is InChI=1S/C17H19ClN4O3/c1-11-3-4-12(18)9-14(11)21-5-7-22(8-6-21)16(23)15-13(17(24)25)10-20(2)19-15/h3-4,9-10H,5-8H2,1-2H3,(H,24,25). The molecule has 0 aliphatic carbocycles. The second kappa shape index (κ2) is 6.76. The summed E-state index contributed by atoms with van der Waals surface area (Å²) in [5.41, 5.74) is 2.11. The van der Waals surface area contributed by atoms with Gasteiger partial charge in [0.2, 0.25) is 0 Å². The lowest BCUT2D eigenvalue weighted by molar-refractivity contribution is 0.0671. The lowest BCUT2D eigenvalue weighted by Crippen LogP contribution is -2.49. The molecule has 8 heteroatoms. The number of aryl methyl sites for hydroxylation is 2. The summed E-state index contributed by atoms with van der Waals surface area (Å²) in [4.78, 5) is 27.8. The normalized spacial score (nSPS) is 14.7. The van der Waals surface area contributed by atoms with Crippen molar-refractivity contribution in [3.05, 3.63) is 46.2 Å². The molecule has 1 aliphatic heterocycles. The fraction of sp³-hybridized carbons (Fsp3) is 0.353. The number of hydrogen-bond donors (Lipinski definition) is 1. The van der Waals surface area contributed by atoms with Gasteiger partial charge in [-0.15, -0.1) is 0 Å². The van der Waals surface area contributed by atoms with E-state index in [2.05, 4.69) is 10.00 Å². The van der Waals surface area contributed by atoms with E-state index < -0.39 is 5.97 Å². The van der Waals surface area contributed by atoms with Crippen LogP contribution in [0.3, 0.4) is 0 Å². The monoisotopic (exact) mass is 362 g/mol. The van der Waals surface area contributed by atoms with Crippen molar-refractivity contribution in [1.82, 2.24) is 14.7 Å². The smallest absolute Gasteiger partial charge is 0.339 e. The van der Waals surface area contributed by atoms with E-state index in [1.807, 2.05) is 25.1 Å². The summed E-state index contributed by atoms with van der Waals surface area (Å²) < 4.78 is 1.35. The predicted molar refractivity (Wildman–Crippen MR) is 94.5 cm³/mol. The van der Waals surface area contributed by atoms with Gasteiger partial charge in [-0.05, 0) is 24.6 Å². The van der Waals surface area contributed by atoms with E-state index in [-0.39, 0.29) is 17.2 Å². The van der Waals surface area contributed by atoms with Crippen LogP contribution in [0, 0.1) is 6.92 Å². The average Bonchev–Trinajstić information content (AvgIpc) is 2.99. The van der Waals surface area contributed by atoms with E-state index in [1.165, 1.54) is 10.9 Å². The molecule has 0 radical (unpaired) electrons. The number of carbonyl (C=O) groups excluding carboxylic acids is 1. The molecule has 0 unspecified atom stereocenters. The van der Waals surface area contributed by atoms with Gasteiger partial charge in [0.05, 0.1) is 0 Å². The Labute approximate surface area is 150 Å². The molecule has 0 spiro atoms. The maximum absolute atomic E-state index is 12.6. The molecule has 25 heavy (non-hydrogen) atoms. The number of halogens is 1. The van der Waals surface area contributed by atoms with Crippen molar-refractivity contribution in [2.45, 2.75) is 6.92 Å². The molecule has 1 saturated heterocycles. The van der Waals surface area contributed by atoms with Crippen molar-refractivity contribution in [3.63, 3.8) is 0 Å². The molecule has 1 amide bonds. The first-order chi connectivity index (χ1) is 11.9. The summed E-state index contributed by atoms with van der Waals surface area (Å²) in [6.07, 6.45) is 1.35. The Morgan fingerprint density at radius 1 is 1.20 bits per heavy atom. The highest BCUT2D eigenvalue weighted by atomic mass is 35.5. The highest BCUT2D eigenvalue weighted by molar-refractivity contribution is 6.30. The van der Waals surface area contributed by atoms with Crippen LogP contribution in [0.25, 0.3) is 0 Å². The van der Waals surface area contributed by atoms with Crippen LogP contribution in [-0.2, 0) is 7.05 Å². The molecule has 7 nitrogen and oxygen atoms in total. The Kier molecular flexibility index (Phi) is 4.67. The first kappa shape index (κ1) is 17.3. The third-order valence-electron chi connectivity index (χ3n) is 4.34. The number of nitrogens with zero attached hydrogens (tertiary/aromatic N) is 4. The third kappa shape index (κ3) is 3.46. The number of rotatable bonds is 3. The van der Waals surface area contributed by atoms with Crippen LogP contribution in [0.2, 0.25) is 5.02 Å². The van der Waals surface area contributed by atoms with E-state index >= 15 is 0 Å². The molecule has 132 valence electrons. The summed E-state index contributed by atoms with van der Waals surface area (Å²) in [6.45, 7) is 4.33. The topological polar surface area (TPSA) is 78.7 Å². The zero-order valence-electron chi connectivity index (χ0n) is 14.1. The van der Waals surface area contributed by atoms with Crippen molar-refractivity contribution < 1.29 is 14.7 Å². The third-order valence-corrected chi connectivity index (χ3v) is 4.58. The molecule has 2 aromatic rings. The summed E-state index contributed by atoms with van der Waals surface area (Å²) in [5, 5.41) is 13.9. The fourth-order valence-electron chi connectivity index (χ4n) is 3.03. The van der Waals surface area contributed by atoms with E-state index in [9.17, 15) is 14.7 Å². The van der Waals surface area contributed by atoms with Gasteiger partial charge in [-0.25, -0.2) is 4.79 Å². The minimum atomic E-state index is -1.15. The van der Waals surface area contributed by atoms with Crippen LogP contribution in [0.4, 0.5) is 5.69 Å². The predicted octanol–water partition coefficient (Wildman–Crippen LogP) is 2.04. The van der Waals surface area contributed by atoms with Crippen LogP contribution in [-0.4, -0.2) is 57.8 Å².